The minimum Gasteiger partial charge on any atom is -0.376 e. The summed E-state index contributed by atoms with van der Waals surface area (Å²) in [5.74, 6) is 0.687. The predicted molar refractivity (Wildman–Crippen MR) is 60.6 cm³/mol. The molecule has 1 aliphatic rings. The van der Waals surface area contributed by atoms with E-state index in [4.69, 9.17) is 10.5 Å². The molecule has 0 unspecified atom stereocenters. The van der Waals surface area contributed by atoms with Crippen molar-refractivity contribution in [3.8, 4) is 0 Å². The summed E-state index contributed by atoms with van der Waals surface area (Å²) in [6, 6.07) is -0.464. The summed E-state index contributed by atoms with van der Waals surface area (Å²) in [5, 5.41) is 0. The van der Waals surface area contributed by atoms with Gasteiger partial charge in [0.05, 0.1) is 12.1 Å². The Morgan fingerprint density at radius 1 is 1.40 bits per heavy atom. The summed E-state index contributed by atoms with van der Waals surface area (Å²) in [4.78, 5) is 11.0. The highest BCUT2D eigenvalue weighted by atomic mass is 16.5. The first-order valence-electron chi connectivity index (χ1n) is 5.99. The van der Waals surface area contributed by atoms with Gasteiger partial charge in [0.15, 0.2) is 0 Å². The average molecular weight is 213 g/mol. The van der Waals surface area contributed by atoms with E-state index in [1.165, 1.54) is 39.0 Å². The van der Waals surface area contributed by atoms with E-state index < -0.39 is 6.04 Å². The highest BCUT2D eigenvalue weighted by Crippen LogP contribution is 2.24. The topological polar surface area (TPSA) is 52.3 Å². The van der Waals surface area contributed by atoms with Gasteiger partial charge in [-0.15, -0.1) is 0 Å². The van der Waals surface area contributed by atoms with Crippen LogP contribution < -0.4 is 5.73 Å². The number of carbonyl (C=O) groups excluding carboxylic acids is 1. The normalized spacial score (nSPS) is 22.3. The largest absolute Gasteiger partial charge is 0.376 e. The molecule has 0 aromatic carbocycles. The van der Waals surface area contributed by atoms with Crippen molar-refractivity contribution in [1.82, 2.24) is 0 Å². The smallest absolute Gasteiger partial charge is 0.149 e. The van der Waals surface area contributed by atoms with E-state index in [1.807, 2.05) is 6.92 Å². The number of Topliss-reactive ketones (excluding diaryl/α,β-unsaturated/α-hetero) is 1. The molecule has 0 bridgehead atoms. The van der Waals surface area contributed by atoms with Gasteiger partial charge >= 0.3 is 0 Å². The summed E-state index contributed by atoms with van der Waals surface area (Å²) in [6.45, 7) is 4.17. The van der Waals surface area contributed by atoms with Gasteiger partial charge in [-0.25, -0.2) is 0 Å². The van der Waals surface area contributed by atoms with Gasteiger partial charge in [-0.1, -0.05) is 19.3 Å². The van der Waals surface area contributed by atoms with Gasteiger partial charge in [0.25, 0.3) is 0 Å². The number of hydrogen-bond acceptors (Lipinski definition) is 3. The van der Waals surface area contributed by atoms with Crippen LogP contribution in [-0.4, -0.2) is 24.5 Å². The molecule has 1 fully saturated rings. The maximum Gasteiger partial charge on any atom is 0.149 e. The van der Waals surface area contributed by atoms with Crippen LogP contribution in [0.5, 0.6) is 0 Å². The lowest BCUT2D eigenvalue weighted by molar-refractivity contribution is -0.121. The van der Waals surface area contributed by atoms with Gasteiger partial charge < -0.3 is 10.5 Å². The Bertz CT molecular complexity index is 200. The first-order chi connectivity index (χ1) is 7.11. The second kappa shape index (κ2) is 6.23. The fourth-order valence-corrected chi connectivity index (χ4v) is 2.08. The molecule has 3 heteroatoms. The summed E-state index contributed by atoms with van der Waals surface area (Å²) in [6.07, 6.45) is 6.38. The van der Waals surface area contributed by atoms with Crippen LogP contribution in [0.4, 0.5) is 0 Å². The standard InChI is InChI=1S/C12H23NO2/c1-9(14)12(13)10(2)15-8-11-6-4-3-5-7-11/h10-12H,3-8,13H2,1-2H3/t10-,12-/m1/s1. The van der Waals surface area contributed by atoms with E-state index in [1.54, 1.807) is 0 Å². The Morgan fingerprint density at radius 3 is 2.53 bits per heavy atom. The molecule has 15 heavy (non-hydrogen) atoms. The Morgan fingerprint density at radius 2 is 2.00 bits per heavy atom. The molecule has 0 aliphatic heterocycles. The van der Waals surface area contributed by atoms with Crippen LogP contribution in [0, 0.1) is 5.92 Å². The van der Waals surface area contributed by atoms with Crippen molar-refractivity contribution in [2.75, 3.05) is 6.61 Å². The molecule has 3 nitrogen and oxygen atoms in total. The van der Waals surface area contributed by atoms with Gasteiger partial charge in [-0.05, 0) is 32.6 Å². The number of hydrogen-bond donors (Lipinski definition) is 1. The third-order valence-electron chi connectivity index (χ3n) is 3.29. The molecule has 0 heterocycles. The zero-order chi connectivity index (χ0) is 11.3. The summed E-state index contributed by atoms with van der Waals surface area (Å²) >= 11 is 0. The van der Waals surface area contributed by atoms with E-state index in [-0.39, 0.29) is 11.9 Å². The van der Waals surface area contributed by atoms with Crippen molar-refractivity contribution in [2.24, 2.45) is 11.7 Å². The monoisotopic (exact) mass is 213 g/mol. The molecule has 1 rings (SSSR count). The number of nitrogens with two attached hydrogens (primary N) is 1. The molecular formula is C12H23NO2. The van der Waals surface area contributed by atoms with Crippen LogP contribution in [0.3, 0.4) is 0 Å². The van der Waals surface area contributed by atoms with Gasteiger partial charge in [-0.2, -0.15) is 0 Å². The molecule has 0 amide bonds. The fourth-order valence-electron chi connectivity index (χ4n) is 2.08. The van der Waals surface area contributed by atoms with Gasteiger partial charge in [0.2, 0.25) is 0 Å². The summed E-state index contributed by atoms with van der Waals surface area (Å²) < 4.78 is 5.66. The number of ketones is 1. The van der Waals surface area contributed by atoms with E-state index in [0.29, 0.717) is 5.92 Å². The average Bonchev–Trinajstić information content (AvgIpc) is 2.26. The lowest BCUT2D eigenvalue weighted by atomic mass is 9.90. The zero-order valence-corrected chi connectivity index (χ0v) is 9.87. The van der Waals surface area contributed by atoms with Crippen LogP contribution in [-0.2, 0) is 9.53 Å². The minimum atomic E-state index is -0.464. The summed E-state index contributed by atoms with van der Waals surface area (Å²) in [7, 11) is 0. The van der Waals surface area contributed by atoms with Crippen molar-refractivity contribution >= 4 is 5.78 Å². The number of ether oxygens (including phenoxy) is 1. The zero-order valence-electron chi connectivity index (χ0n) is 9.87. The Labute approximate surface area is 92.4 Å². The number of carbonyl (C=O) groups is 1. The highest BCUT2D eigenvalue weighted by Gasteiger charge is 2.20. The van der Waals surface area contributed by atoms with Crippen LogP contribution in [0.25, 0.3) is 0 Å². The van der Waals surface area contributed by atoms with Crippen LogP contribution >= 0.6 is 0 Å². The Kier molecular flexibility index (Phi) is 5.26. The Balaban J connectivity index is 2.20. The lowest BCUT2D eigenvalue weighted by Gasteiger charge is -2.25. The van der Waals surface area contributed by atoms with Crippen molar-refractivity contribution in [3.63, 3.8) is 0 Å². The first kappa shape index (κ1) is 12.7. The van der Waals surface area contributed by atoms with E-state index in [9.17, 15) is 4.79 Å². The quantitative estimate of drug-likeness (QED) is 0.758. The molecule has 0 spiro atoms. The maximum absolute atomic E-state index is 11.0. The Hall–Kier alpha value is -0.410. The third kappa shape index (κ3) is 4.31. The van der Waals surface area contributed by atoms with Crippen molar-refractivity contribution in [1.29, 1.82) is 0 Å². The van der Waals surface area contributed by atoms with E-state index in [2.05, 4.69) is 0 Å². The van der Waals surface area contributed by atoms with Gasteiger partial charge in [-0.3, -0.25) is 4.79 Å². The van der Waals surface area contributed by atoms with Crippen molar-refractivity contribution < 1.29 is 9.53 Å². The van der Waals surface area contributed by atoms with Crippen LogP contribution in [0.15, 0.2) is 0 Å². The maximum atomic E-state index is 11.0. The van der Waals surface area contributed by atoms with Crippen molar-refractivity contribution in [3.05, 3.63) is 0 Å². The molecule has 2 atom stereocenters. The van der Waals surface area contributed by atoms with Crippen LogP contribution in [0.2, 0.25) is 0 Å². The predicted octanol–water partition coefficient (Wildman–Crippen LogP) is 1.89. The van der Waals surface area contributed by atoms with Gasteiger partial charge in [0, 0.05) is 6.61 Å². The summed E-state index contributed by atoms with van der Waals surface area (Å²) in [5.41, 5.74) is 5.70. The molecule has 0 radical (unpaired) electrons. The SMILES string of the molecule is CC(=O)[C@@H](N)[C@@H](C)OCC1CCCCC1. The fraction of sp³-hybridized carbons (Fsp3) is 0.917. The molecule has 0 saturated heterocycles. The second-order valence-corrected chi connectivity index (χ2v) is 4.68. The van der Waals surface area contributed by atoms with Gasteiger partial charge in [0.1, 0.15) is 5.78 Å². The minimum absolute atomic E-state index is 0.00569. The molecule has 0 aromatic heterocycles. The lowest BCUT2D eigenvalue weighted by Crippen LogP contribution is -2.41. The number of rotatable bonds is 5. The third-order valence-corrected chi connectivity index (χ3v) is 3.29. The van der Waals surface area contributed by atoms with E-state index in [0.717, 1.165) is 6.61 Å². The van der Waals surface area contributed by atoms with E-state index >= 15 is 0 Å². The molecule has 1 aliphatic carbocycles. The van der Waals surface area contributed by atoms with Crippen LogP contribution in [0.1, 0.15) is 46.0 Å². The molecule has 2 N–H and O–H groups in total. The molecular weight excluding hydrogens is 190 g/mol. The highest BCUT2D eigenvalue weighted by molar-refractivity contribution is 5.81. The molecule has 1 saturated carbocycles. The second-order valence-electron chi connectivity index (χ2n) is 4.68. The molecule has 88 valence electrons. The van der Waals surface area contributed by atoms with Crippen molar-refractivity contribution in [2.45, 2.75) is 58.1 Å². The first-order valence-corrected chi connectivity index (χ1v) is 5.99. The molecule has 0 aromatic rings.